The zero-order chi connectivity index (χ0) is 21.0. The lowest BCUT2D eigenvalue weighted by atomic mass is 10.1. The van der Waals surface area contributed by atoms with Gasteiger partial charge in [-0.25, -0.2) is 4.39 Å². The van der Waals surface area contributed by atoms with E-state index in [2.05, 4.69) is 5.32 Å². The second-order valence-corrected chi connectivity index (χ2v) is 5.85. The molecule has 1 aromatic heterocycles. The van der Waals surface area contributed by atoms with Crippen molar-refractivity contribution in [3.8, 4) is 17.4 Å². The number of nitrogens with zero attached hydrogens (tertiary/aromatic N) is 1. The maximum Gasteiger partial charge on any atom is 0.418 e. The van der Waals surface area contributed by atoms with Gasteiger partial charge in [0.1, 0.15) is 29.0 Å². The number of nitriles is 1. The van der Waals surface area contributed by atoms with Crippen LogP contribution < -0.4 is 5.32 Å². The minimum atomic E-state index is -4.67. The molecule has 0 spiro atoms. The minimum absolute atomic E-state index is 0.0686. The Kier molecular flexibility index (Phi) is 5.50. The number of alkyl halides is 3. The zero-order valence-electron chi connectivity index (χ0n) is 14.6. The van der Waals surface area contributed by atoms with Crippen LogP contribution in [0, 0.1) is 17.1 Å². The molecule has 0 aliphatic rings. The maximum atomic E-state index is 13.8. The third kappa shape index (κ3) is 4.52. The molecule has 29 heavy (non-hydrogen) atoms. The molecule has 0 atom stereocenters. The van der Waals surface area contributed by atoms with E-state index in [1.54, 1.807) is 12.1 Å². The molecule has 0 bridgehead atoms. The van der Waals surface area contributed by atoms with Gasteiger partial charge >= 0.3 is 6.18 Å². The van der Waals surface area contributed by atoms with Crippen molar-refractivity contribution < 1.29 is 26.8 Å². The minimum Gasteiger partial charge on any atom is -0.457 e. The summed E-state index contributed by atoms with van der Waals surface area (Å²) in [6.45, 7) is 0. The normalized spacial score (nSPS) is 11.8. The fourth-order valence-corrected chi connectivity index (χ4v) is 2.56. The number of carbonyl (C=O) groups excluding carboxylic acids is 1. The van der Waals surface area contributed by atoms with E-state index in [0.717, 1.165) is 18.2 Å². The lowest BCUT2D eigenvalue weighted by Crippen LogP contribution is -2.17. The Hall–Kier alpha value is -3.86. The van der Waals surface area contributed by atoms with Gasteiger partial charge in [-0.1, -0.05) is 24.3 Å². The molecule has 2 aromatic carbocycles. The third-order valence-corrected chi connectivity index (χ3v) is 3.90. The van der Waals surface area contributed by atoms with Crippen LogP contribution >= 0.6 is 0 Å². The van der Waals surface area contributed by atoms with Crippen molar-refractivity contribution in [2.45, 2.75) is 6.18 Å². The van der Waals surface area contributed by atoms with E-state index >= 15 is 0 Å². The van der Waals surface area contributed by atoms with Gasteiger partial charge in [-0.2, -0.15) is 18.4 Å². The number of para-hydroxylation sites is 1. The highest BCUT2D eigenvalue weighted by Gasteiger charge is 2.33. The summed E-state index contributed by atoms with van der Waals surface area (Å²) in [7, 11) is 0. The Morgan fingerprint density at radius 2 is 1.72 bits per heavy atom. The van der Waals surface area contributed by atoms with E-state index < -0.39 is 34.7 Å². The Bertz CT molecular complexity index is 1120. The number of hydrogen-bond donors (Lipinski definition) is 1. The molecular weight excluding hydrogens is 388 g/mol. The van der Waals surface area contributed by atoms with Gasteiger partial charge in [0.15, 0.2) is 0 Å². The van der Waals surface area contributed by atoms with E-state index in [-0.39, 0.29) is 17.1 Å². The van der Waals surface area contributed by atoms with E-state index in [1.165, 1.54) is 42.5 Å². The van der Waals surface area contributed by atoms with E-state index in [9.17, 15) is 27.6 Å². The van der Waals surface area contributed by atoms with Gasteiger partial charge in [-0.15, -0.1) is 0 Å². The fraction of sp³-hybridized carbons (Fsp3) is 0.0476. The standard InChI is InChI=1S/C21H12F4N2O2/c22-17-7-3-1-5-15(17)19-10-9-14(29-19)11-13(12-26)20(28)27-18-8-4-2-6-16(18)21(23,24)25/h1-11H,(H,27,28). The topological polar surface area (TPSA) is 66.0 Å². The summed E-state index contributed by atoms with van der Waals surface area (Å²) in [5, 5.41) is 11.3. The number of nitrogens with one attached hydrogen (secondary N) is 1. The number of halogens is 4. The first-order valence-electron chi connectivity index (χ1n) is 8.23. The molecule has 146 valence electrons. The molecule has 0 aliphatic carbocycles. The first-order valence-corrected chi connectivity index (χ1v) is 8.23. The van der Waals surface area contributed by atoms with Crippen molar-refractivity contribution in [2.75, 3.05) is 5.32 Å². The molecule has 1 N–H and O–H groups in total. The molecule has 1 heterocycles. The maximum absolute atomic E-state index is 13.8. The summed E-state index contributed by atoms with van der Waals surface area (Å²) in [4.78, 5) is 12.3. The average molecular weight is 400 g/mol. The number of amides is 1. The van der Waals surface area contributed by atoms with E-state index in [0.29, 0.717) is 0 Å². The number of benzene rings is 2. The second kappa shape index (κ2) is 8.02. The molecule has 0 saturated heterocycles. The van der Waals surface area contributed by atoms with Crippen LogP contribution in [0.1, 0.15) is 11.3 Å². The van der Waals surface area contributed by atoms with Gasteiger partial charge in [0.05, 0.1) is 16.8 Å². The lowest BCUT2D eigenvalue weighted by Gasteiger charge is -2.13. The molecule has 0 aliphatic heterocycles. The van der Waals surface area contributed by atoms with Crippen LogP contribution in [0.15, 0.2) is 70.7 Å². The Morgan fingerprint density at radius 1 is 1.03 bits per heavy atom. The first-order chi connectivity index (χ1) is 13.8. The largest absolute Gasteiger partial charge is 0.457 e. The summed E-state index contributed by atoms with van der Waals surface area (Å²) in [5.74, 6) is -1.30. The van der Waals surface area contributed by atoms with E-state index in [4.69, 9.17) is 4.42 Å². The van der Waals surface area contributed by atoms with Crippen molar-refractivity contribution in [1.29, 1.82) is 5.26 Å². The van der Waals surface area contributed by atoms with Gasteiger partial charge in [0.2, 0.25) is 0 Å². The molecule has 0 radical (unpaired) electrons. The first kappa shape index (κ1) is 19.9. The van der Waals surface area contributed by atoms with Gasteiger partial charge < -0.3 is 9.73 Å². The SMILES string of the molecule is N#CC(=Cc1ccc(-c2ccccc2F)o1)C(=O)Nc1ccccc1C(F)(F)F. The molecule has 0 fully saturated rings. The number of rotatable bonds is 4. The van der Waals surface area contributed by atoms with Crippen molar-refractivity contribution >= 4 is 17.7 Å². The highest BCUT2D eigenvalue weighted by atomic mass is 19.4. The molecule has 1 amide bonds. The van der Waals surface area contributed by atoms with Crippen molar-refractivity contribution in [2.24, 2.45) is 0 Å². The van der Waals surface area contributed by atoms with Crippen molar-refractivity contribution in [3.63, 3.8) is 0 Å². The predicted molar refractivity (Wildman–Crippen MR) is 97.8 cm³/mol. The zero-order valence-corrected chi connectivity index (χ0v) is 14.6. The fourth-order valence-electron chi connectivity index (χ4n) is 2.56. The average Bonchev–Trinajstić information content (AvgIpc) is 3.14. The predicted octanol–water partition coefficient (Wildman–Crippen LogP) is 5.65. The van der Waals surface area contributed by atoms with Crippen LogP contribution in [0.25, 0.3) is 17.4 Å². The summed E-state index contributed by atoms with van der Waals surface area (Å²) in [5.41, 5.74) is -1.80. The third-order valence-electron chi connectivity index (χ3n) is 3.90. The van der Waals surface area contributed by atoms with Crippen molar-refractivity contribution in [3.05, 3.63) is 83.4 Å². The Morgan fingerprint density at radius 3 is 2.41 bits per heavy atom. The monoisotopic (exact) mass is 400 g/mol. The highest BCUT2D eigenvalue weighted by Crippen LogP contribution is 2.34. The molecule has 3 rings (SSSR count). The van der Waals surface area contributed by atoms with Crippen LogP contribution in [0.5, 0.6) is 0 Å². The number of furan rings is 1. The Labute approximate surface area is 162 Å². The summed E-state index contributed by atoms with van der Waals surface area (Å²) < 4.78 is 58.4. The summed E-state index contributed by atoms with van der Waals surface area (Å²) >= 11 is 0. The second-order valence-electron chi connectivity index (χ2n) is 5.85. The molecule has 4 nitrogen and oxygen atoms in total. The van der Waals surface area contributed by atoms with Gasteiger partial charge in [0.25, 0.3) is 5.91 Å². The van der Waals surface area contributed by atoms with Crippen molar-refractivity contribution in [1.82, 2.24) is 0 Å². The number of hydrogen-bond acceptors (Lipinski definition) is 3. The van der Waals surface area contributed by atoms with Crippen LogP contribution in [-0.2, 0) is 11.0 Å². The van der Waals surface area contributed by atoms with Crippen LogP contribution in [0.2, 0.25) is 0 Å². The van der Waals surface area contributed by atoms with Gasteiger partial charge in [0, 0.05) is 6.08 Å². The molecule has 3 aromatic rings. The van der Waals surface area contributed by atoms with Gasteiger partial charge in [-0.3, -0.25) is 4.79 Å². The van der Waals surface area contributed by atoms with Crippen LogP contribution in [0.3, 0.4) is 0 Å². The number of anilines is 1. The smallest absolute Gasteiger partial charge is 0.418 e. The van der Waals surface area contributed by atoms with E-state index in [1.807, 2.05) is 0 Å². The highest BCUT2D eigenvalue weighted by molar-refractivity contribution is 6.09. The Balaban J connectivity index is 1.86. The van der Waals surface area contributed by atoms with Crippen LogP contribution in [0.4, 0.5) is 23.2 Å². The van der Waals surface area contributed by atoms with Crippen LogP contribution in [-0.4, -0.2) is 5.91 Å². The summed E-state index contributed by atoms with van der Waals surface area (Å²) in [6.07, 6.45) is -3.61. The number of carbonyl (C=O) groups is 1. The summed E-state index contributed by atoms with van der Waals surface area (Å²) in [6, 6.07) is 14.8. The molecule has 8 heteroatoms. The molecule has 0 saturated carbocycles. The quantitative estimate of drug-likeness (QED) is 0.350. The van der Waals surface area contributed by atoms with Gasteiger partial charge in [-0.05, 0) is 36.4 Å². The molecular formula is C21H12F4N2O2. The lowest BCUT2D eigenvalue weighted by molar-refractivity contribution is -0.137. The molecule has 0 unspecified atom stereocenters.